The molecular weight excluding hydrogens is 216 g/mol. The van der Waals surface area contributed by atoms with Crippen LogP contribution in [-0.4, -0.2) is 21.8 Å². The fourth-order valence-electron chi connectivity index (χ4n) is 1.82. The van der Waals surface area contributed by atoms with E-state index in [0.717, 1.165) is 17.0 Å². The third kappa shape index (κ3) is 2.65. The van der Waals surface area contributed by atoms with E-state index in [1.54, 1.807) is 19.6 Å². The highest BCUT2D eigenvalue weighted by molar-refractivity contribution is 5.29. The number of rotatable bonds is 4. The van der Waals surface area contributed by atoms with E-state index >= 15 is 0 Å². The van der Waals surface area contributed by atoms with Gasteiger partial charge in [0.05, 0.1) is 31.4 Å². The Labute approximate surface area is 100 Å². The summed E-state index contributed by atoms with van der Waals surface area (Å²) in [4.78, 5) is 4.00. The predicted molar refractivity (Wildman–Crippen MR) is 64.9 cm³/mol. The molecule has 4 heteroatoms. The van der Waals surface area contributed by atoms with Gasteiger partial charge >= 0.3 is 0 Å². The quantitative estimate of drug-likeness (QED) is 0.872. The molecule has 0 fully saturated rings. The number of hydrogen-bond acceptors (Lipinski definition) is 3. The summed E-state index contributed by atoms with van der Waals surface area (Å²) in [6, 6.07) is 7.71. The Hall–Kier alpha value is -1.81. The first-order valence-electron chi connectivity index (χ1n) is 5.48. The number of aryl methyl sites for hydroxylation is 1. The third-order valence-electron chi connectivity index (χ3n) is 2.76. The van der Waals surface area contributed by atoms with Gasteiger partial charge in [0, 0.05) is 13.5 Å². The van der Waals surface area contributed by atoms with E-state index in [9.17, 15) is 5.11 Å². The van der Waals surface area contributed by atoms with Crippen molar-refractivity contribution < 1.29 is 9.84 Å². The van der Waals surface area contributed by atoms with Crippen LogP contribution in [0.4, 0.5) is 0 Å². The van der Waals surface area contributed by atoms with E-state index in [0.29, 0.717) is 6.42 Å². The Kier molecular flexibility index (Phi) is 3.44. The van der Waals surface area contributed by atoms with Crippen molar-refractivity contribution >= 4 is 0 Å². The van der Waals surface area contributed by atoms with E-state index in [-0.39, 0.29) is 0 Å². The minimum absolute atomic E-state index is 0.547. The monoisotopic (exact) mass is 232 g/mol. The number of aromatic nitrogens is 2. The summed E-state index contributed by atoms with van der Waals surface area (Å²) >= 11 is 0. The summed E-state index contributed by atoms with van der Waals surface area (Å²) in [5.41, 5.74) is 1.85. The zero-order valence-electron chi connectivity index (χ0n) is 10.00. The van der Waals surface area contributed by atoms with E-state index in [1.165, 1.54) is 0 Å². The topological polar surface area (TPSA) is 47.3 Å². The number of benzene rings is 1. The zero-order valence-corrected chi connectivity index (χ0v) is 10.00. The van der Waals surface area contributed by atoms with Gasteiger partial charge in [0.1, 0.15) is 5.75 Å². The molecule has 0 aliphatic carbocycles. The van der Waals surface area contributed by atoms with Crippen molar-refractivity contribution in [3.63, 3.8) is 0 Å². The van der Waals surface area contributed by atoms with Crippen molar-refractivity contribution in [3.8, 4) is 5.75 Å². The van der Waals surface area contributed by atoms with Gasteiger partial charge in [-0.15, -0.1) is 0 Å². The molecule has 1 heterocycles. The van der Waals surface area contributed by atoms with Crippen LogP contribution in [0.25, 0.3) is 0 Å². The molecule has 1 N–H and O–H groups in total. The van der Waals surface area contributed by atoms with Crippen LogP contribution in [-0.2, 0) is 13.5 Å². The number of ether oxygens (including phenoxy) is 1. The molecule has 2 rings (SSSR count). The highest BCUT2D eigenvalue weighted by Gasteiger charge is 2.12. The third-order valence-corrected chi connectivity index (χ3v) is 2.76. The summed E-state index contributed by atoms with van der Waals surface area (Å²) in [6.45, 7) is 0. The largest absolute Gasteiger partial charge is 0.497 e. The number of methoxy groups -OCH3 is 1. The fraction of sp³-hybridized carbons (Fsp3) is 0.308. The number of imidazole rings is 1. The van der Waals surface area contributed by atoms with Crippen LogP contribution in [0.3, 0.4) is 0 Å². The highest BCUT2D eigenvalue weighted by atomic mass is 16.5. The first-order valence-corrected chi connectivity index (χ1v) is 5.48. The average Bonchev–Trinajstić information content (AvgIpc) is 2.76. The minimum Gasteiger partial charge on any atom is -0.497 e. The van der Waals surface area contributed by atoms with Gasteiger partial charge in [-0.3, -0.25) is 0 Å². The van der Waals surface area contributed by atoms with Gasteiger partial charge in [-0.25, -0.2) is 4.98 Å². The fourth-order valence-corrected chi connectivity index (χ4v) is 1.82. The molecule has 0 spiro atoms. The Morgan fingerprint density at radius 1 is 1.47 bits per heavy atom. The average molecular weight is 232 g/mol. The van der Waals surface area contributed by atoms with E-state index in [1.807, 2.05) is 35.9 Å². The Morgan fingerprint density at radius 2 is 2.29 bits per heavy atom. The minimum atomic E-state index is -0.547. The van der Waals surface area contributed by atoms with Crippen molar-refractivity contribution in [2.24, 2.45) is 7.05 Å². The maximum absolute atomic E-state index is 10.1. The molecule has 1 unspecified atom stereocenters. The molecule has 0 aliphatic rings. The van der Waals surface area contributed by atoms with Crippen molar-refractivity contribution in [2.75, 3.05) is 7.11 Å². The summed E-state index contributed by atoms with van der Waals surface area (Å²) in [7, 11) is 3.51. The van der Waals surface area contributed by atoms with Crippen molar-refractivity contribution in [1.82, 2.24) is 9.55 Å². The maximum Gasteiger partial charge on any atom is 0.119 e. The molecule has 0 saturated heterocycles. The molecular formula is C13H16N2O2. The van der Waals surface area contributed by atoms with Gasteiger partial charge in [-0.1, -0.05) is 12.1 Å². The molecule has 1 atom stereocenters. The molecule has 17 heavy (non-hydrogen) atoms. The standard InChI is InChI=1S/C13H16N2O2/c1-15-9-14-8-12(15)13(16)7-10-4-3-5-11(6-10)17-2/h3-6,8-9,13,16H,7H2,1-2H3. The van der Waals surface area contributed by atoms with Crippen molar-refractivity contribution in [3.05, 3.63) is 48.0 Å². The zero-order chi connectivity index (χ0) is 12.3. The van der Waals surface area contributed by atoms with Gasteiger partial charge in [0.2, 0.25) is 0 Å². The van der Waals surface area contributed by atoms with E-state index in [4.69, 9.17) is 4.74 Å². The second-order valence-electron chi connectivity index (χ2n) is 4.00. The lowest BCUT2D eigenvalue weighted by molar-refractivity contribution is 0.170. The summed E-state index contributed by atoms with van der Waals surface area (Å²) in [5, 5.41) is 10.1. The first-order chi connectivity index (χ1) is 8.20. The van der Waals surface area contributed by atoms with Crippen LogP contribution in [0.5, 0.6) is 5.75 Å². The van der Waals surface area contributed by atoms with Crippen LogP contribution >= 0.6 is 0 Å². The molecule has 1 aromatic carbocycles. The Balaban J connectivity index is 2.13. The van der Waals surface area contributed by atoms with Gasteiger partial charge in [0.25, 0.3) is 0 Å². The van der Waals surface area contributed by atoms with Crippen LogP contribution in [0, 0.1) is 0 Å². The predicted octanol–water partition coefficient (Wildman–Crippen LogP) is 1.70. The second kappa shape index (κ2) is 5.01. The lowest BCUT2D eigenvalue weighted by Gasteiger charge is -2.11. The van der Waals surface area contributed by atoms with E-state index < -0.39 is 6.10 Å². The van der Waals surface area contributed by atoms with Crippen molar-refractivity contribution in [2.45, 2.75) is 12.5 Å². The normalized spacial score (nSPS) is 12.4. The van der Waals surface area contributed by atoms with Crippen molar-refractivity contribution in [1.29, 1.82) is 0 Å². The van der Waals surface area contributed by atoms with Gasteiger partial charge in [-0.2, -0.15) is 0 Å². The Bertz CT molecular complexity index is 494. The number of hydrogen-bond donors (Lipinski definition) is 1. The maximum atomic E-state index is 10.1. The van der Waals surface area contributed by atoms with Crippen LogP contribution in [0.2, 0.25) is 0 Å². The van der Waals surface area contributed by atoms with Crippen LogP contribution < -0.4 is 4.74 Å². The van der Waals surface area contributed by atoms with Gasteiger partial charge in [-0.05, 0) is 17.7 Å². The SMILES string of the molecule is COc1cccc(CC(O)c2cncn2C)c1. The molecule has 0 bridgehead atoms. The lowest BCUT2D eigenvalue weighted by atomic mass is 10.1. The number of nitrogens with zero attached hydrogens (tertiary/aromatic N) is 2. The number of aliphatic hydroxyl groups excluding tert-OH is 1. The Morgan fingerprint density at radius 3 is 2.94 bits per heavy atom. The summed E-state index contributed by atoms with van der Waals surface area (Å²) in [5.74, 6) is 0.805. The highest BCUT2D eigenvalue weighted by Crippen LogP contribution is 2.20. The molecule has 0 aliphatic heterocycles. The molecule has 90 valence electrons. The van der Waals surface area contributed by atoms with Crippen LogP contribution in [0.15, 0.2) is 36.8 Å². The molecule has 0 amide bonds. The molecule has 0 radical (unpaired) electrons. The second-order valence-corrected chi connectivity index (χ2v) is 4.00. The van der Waals surface area contributed by atoms with Gasteiger partial charge in [0.15, 0.2) is 0 Å². The molecule has 1 aromatic heterocycles. The summed E-state index contributed by atoms with van der Waals surface area (Å²) in [6.07, 6.45) is 3.38. The molecule has 4 nitrogen and oxygen atoms in total. The van der Waals surface area contributed by atoms with E-state index in [2.05, 4.69) is 4.98 Å². The molecule has 0 saturated carbocycles. The van der Waals surface area contributed by atoms with Gasteiger partial charge < -0.3 is 14.4 Å². The number of aliphatic hydroxyl groups is 1. The smallest absolute Gasteiger partial charge is 0.119 e. The van der Waals surface area contributed by atoms with Crippen LogP contribution in [0.1, 0.15) is 17.4 Å². The first kappa shape index (κ1) is 11.7. The lowest BCUT2D eigenvalue weighted by Crippen LogP contribution is -2.06. The molecule has 2 aromatic rings. The summed E-state index contributed by atoms with van der Waals surface area (Å²) < 4.78 is 6.98.